The van der Waals surface area contributed by atoms with Gasteiger partial charge in [0.1, 0.15) is 6.54 Å². The fourth-order valence-corrected chi connectivity index (χ4v) is 0.932. The van der Waals surface area contributed by atoms with E-state index in [-0.39, 0.29) is 6.54 Å². The molecule has 0 atom stereocenters. The highest BCUT2D eigenvalue weighted by atomic mass is 19.1. The van der Waals surface area contributed by atoms with Gasteiger partial charge in [-0.15, -0.1) is 0 Å². The first-order valence-electron chi connectivity index (χ1n) is 4.19. The highest BCUT2D eigenvalue weighted by molar-refractivity contribution is 5.69. The Kier molecular flexibility index (Phi) is 6.12. The molecule has 0 bridgehead atoms. The van der Waals surface area contributed by atoms with Crippen LogP contribution >= 0.6 is 0 Å². The Hall–Kier alpha value is -1.57. The molecule has 78 valence electrons. The summed E-state index contributed by atoms with van der Waals surface area (Å²) in [5.41, 5.74) is 0.395. The predicted octanol–water partition coefficient (Wildman–Crippen LogP) is 1.16. The molecule has 0 spiro atoms. The van der Waals surface area contributed by atoms with Crippen molar-refractivity contribution in [3.63, 3.8) is 0 Å². The van der Waals surface area contributed by atoms with Crippen LogP contribution in [-0.2, 0) is 4.79 Å². The Morgan fingerprint density at radius 2 is 2.36 bits per heavy atom. The SMILES string of the molecule is CN(C=C(C#N)CCCF)CC(=O)O. The van der Waals surface area contributed by atoms with E-state index in [0.717, 1.165) is 0 Å². The lowest BCUT2D eigenvalue weighted by molar-refractivity contribution is -0.137. The molecule has 0 aromatic rings. The van der Waals surface area contributed by atoms with Crippen LogP contribution in [0.25, 0.3) is 0 Å². The van der Waals surface area contributed by atoms with E-state index in [0.29, 0.717) is 18.4 Å². The molecule has 0 amide bonds. The van der Waals surface area contributed by atoms with Gasteiger partial charge in [-0.05, 0) is 12.8 Å². The van der Waals surface area contributed by atoms with Crippen LogP contribution in [0, 0.1) is 11.3 Å². The van der Waals surface area contributed by atoms with Gasteiger partial charge in [0.15, 0.2) is 0 Å². The molecule has 0 radical (unpaired) electrons. The first-order chi connectivity index (χ1) is 6.60. The van der Waals surface area contributed by atoms with Gasteiger partial charge in [-0.2, -0.15) is 5.26 Å². The summed E-state index contributed by atoms with van der Waals surface area (Å²) in [6, 6.07) is 1.90. The lowest BCUT2D eigenvalue weighted by atomic mass is 10.2. The van der Waals surface area contributed by atoms with Gasteiger partial charge in [0.25, 0.3) is 0 Å². The summed E-state index contributed by atoms with van der Waals surface area (Å²) >= 11 is 0. The van der Waals surface area contributed by atoms with E-state index in [1.165, 1.54) is 11.1 Å². The van der Waals surface area contributed by atoms with E-state index in [1.54, 1.807) is 7.05 Å². The first-order valence-corrected chi connectivity index (χ1v) is 4.19. The lowest BCUT2D eigenvalue weighted by Gasteiger charge is -2.10. The fourth-order valence-electron chi connectivity index (χ4n) is 0.932. The Balaban J connectivity index is 4.15. The number of carboxylic acid groups (broad SMARTS) is 1. The summed E-state index contributed by atoms with van der Waals surface area (Å²) in [6.07, 6.45) is 2.07. The molecule has 0 unspecified atom stereocenters. The summed E-state index contributed by atoms with van der Waals surface area (Å²) in [7, 11) is 1.56. The van der Waals surface area contributed by atoms with Gasteiger partial charge in [0.05, 0.1) is 12.7 Å². The second-order valence-electron chi connectivity index (χ2n) is 2.87. The number of hydrogen-bond acceptors (Lipinski definition) is 3. The third-order valence-corrected chi connectivity index (χ3v) is 1.48. The summed E-state index contributed by atoms with van der Waals surface area (Å²) < 4.78 is 11.8. The zero-order valence-corrected chi connectivity index (χ0v) is 8.03. The number of allylic oxidation sites excluding steroid dienone is 1. The van der Waals surface area contributed by atoms with Crippen LogP contribution in [0.3, 0.4) is 0 Å². The number of carbonyl (C=O) groups is 1. The first kappa shape index (κ1) is 12.4. The molecule has 0 aromatic heterocycles. The van der Waals surface area contributed by atoms with Crippen LogP contribution in [0.5, 0.6) is 0 Å². The maximum atomic E-state index is 11.8. The zero-order chi connectivity index (χ0) is 11.0. The molecule has 14 heavy (non-hydrogen) atoms. The van der Waals surface area contributed by atoms with Crippen LogP contribution in [0.1, 0.15) is 12.8 Å². The van der Waals surface area contributed by atoms with Crippen LogP contribution in [0.2, 0.25) is 0 Å². The molecule has 1 N–H and O–H groups in total. The van der Waals surface area contributed by atoms with Crippen molar-refractivity contribution in [1.82, 2.24) is 4.90 Å². The fraction of sp³-hybridized carbons (Fsp3) is 0.556. The van der Waals surface area contributed by atoms with Crippen molar-refractivity contribution >= 4 is 5.97 Å². The Labute approximate surface area is 82.2 Å². The molecular weight excluding hydrogens is 187 g/mol. The number of alkyl halides is 1. The number of hydrogen-bond donors (Lipinski definition) is 1. The van der Waals surface area contributed by atoms with E-state index in [4.69, 9.17) is 10.4 Å². The average Bonchev–Trinajstić information content (AvgIpc) is 2.10. The maximum Gasteiger partial charge on any atom is 0.323 e. The van der Waals surface area contributed by atoms with E-state index in [9.17, 15) is 9.18 Å². The van der Waals surface area contributed by atoms with Gasteiger partial charge < -0.3 is 10.0 Å². The third kappa shape index (κ3) is 6.00. The minimum atomic E-state index is -0.966. The van der Waals surface area contributed by atoms with Crippen LogP contribution in [-0.4, -0.2) is 36.2 Å². The lowest BCUT2D eigenvalue weighted by Crippen LogP contribution is -2.20. The highest BCUT2D eigenvalue weighted by Gasteiger charge is 2.02. The van der Waals surface area contributed by atoms with Crippen molar-refractivity contribution in [2.45, 2.75) is 12.8 Å². The molecule has 4 nitrogen and oxygen atoms in total. The third-order valence-electron chi connectivity index (χ3n) is 1.48. The summed E-state index contributed by atoms with van der Waals surface area (Å²) in [6.45, 7) is -0.636. The Morgan fingerprint density at radius 1 is 1.71 bits per heavy atom. The van der Waals surface area contributed by atoms with Crippen LogP contribution in [0.4, 0.5) is 4.39 Å². The zero-order valence-electron chi connectivity index (χ0n) is 8.03. The second kappa shape index (κ2) is 6.89. The van der Waals surface area contributed by atoms with Crippen molar-refractivity contribution in [2.24, 2.45) is 0 Å². The molecule has 0 saturated heterocycles. The van der Waals surface area contributed by atoms with Gasteiger partial charge in [-0.3, -0.25) is 9.18 Å². The average molecular weight is 200 g/mol. The number of carboxylic acids is 1. The molecule has 0 aliphatic rings. The number of rotatable bonds is 6. The minimum absolute atomic E-state index is 0.166. The summed E-state index contributed by atoms with van der Waals surface area (Å²) in [4.78, 5) is 11.7. The number of halogens is 1. The van der Waals surface area contributed by atoms with Gasteiger partial charge in [-0.1, -0.05) is 0 Å². The van der Waals surface area contributed by atoms with E-state index in [2.05, 4.69) is 0 Å². The van der Waals surface area contributed by atoms with E-state index < -0.39 is 12.6 Å². The standard InChI is InChI=1S/C9H13FN2O2/c1-12(7-9(13)14)6-8(5-11)3-2-4-10/h6H,2-4,7H2,1H3,(H,13,14). The maximum absolute atomic E-state index is 11.8. The monoisotopic (exact) mass is 200 g/mol. The molecule has 0 aliphatic carbocycles. The predicted molar refractivity (Wildman–Crippen MR) is 49.2 cm³/mol. The molecule has 0 rings (SSSR count). The minimum Gasteiger partial charge on any atom is -0.480 e. The summed E-state index contributed by atoms with van der Waals surface area (Å²) in [5, 5.41) is 17.1. The normalized spacial score (nSPS) is 10.8. The molecule has 0 fully saturated rings. The highest BCUT2D eigenvalue weighted by Crippen LogP contribution is 2.04. The van der Waals surface area contributed by atoms with Gasteiger partial charge >= 0.3 is 5.97 Å². The van der Waals surface area contributed by atoms with Crippen molar-refractivity contribution in [1.29, 1.82) is 5.26 Å². The smallest absolute Gasteiger partial charge is 0.323 e. The van der Waals surface area contributed by atoms with Crippen molar-refractivity contribution in [3.05, 3.63) is 11.8 Å². The molecule has 0 aromatic carbocycles. The van der Waals surface area contributed by atoms with E-state index >= 15 is 0 Å². The molecule has 0 saturated carbocycles. The number of aliphatic carboxylic acids is 1. The van der Waals surface area contributed by atoms with Crippen molar-refractivity contribution < 1.29 is 14.3 Å². The van der Waals surface area contributed by atoms with Crippen molar-refractivity contribution in [3.8, 4) is 6.07 Å². The Morgan fingerprint density at radius 3 is 2.79 bits per heavy atom. The Bertz CT molecular complexity index is 258. The molecular formula is C9H13FN2O2. The van der Waals surface area contributed by atoms with Crippen LogP contribution in [0.15, 0.2) is 11.8 Å². The number of nitrogens with zero attached hydrogens (tertiary/aromatic N) is 2. The van der Waals surface area contributed by atoms with Gasteiger partial charge in [0, 0.05) is 18.8 Å². The second-order valence-corrected chi connectivity index (χ2v) is 2.87. The number of nitriles is 1. The van der Waals surface area contributed by atoms with Gasteiger partial charge in [0.2, 0.25) is 0 Å². The molecule has 0 heterocycles. The van der Waals surface area contributed by atoms with Crippen LogP contribution < -0.4 is 0 Å². The molecule has 5 heteroatoms. The quantitative estimate of drug-likeness (QED) is 0.653. The summed E-state index contributed by atoms with van der Waals surface area (Å²) in [5.74, 6) is -0.966. The largest absolute Gasteiger partial charge is 0.480 e. The number of likely N-dealkylation sites (N-methyl/N-ethyl adjacent to an activating group) is 1. The van der Waals surface area contributed by atoms with Crippen molar-refractivity contribution in [2.75, 3.05) is 20.3 Å². The molecule has 0 aliphatic heterocycles. The topological polar surface area (TPSA) is 64.3 Å². The van der Waals surface area contributed by atoms with E-state index in [1.807, 2.05) is 6.07 Å². The van der Waals surface area contributed by atoms with Gasteiger partial charge in [-0.25, -0.2) is 0 Å².